The van der Waals surface area contributed by atoms with Gasteiger partial charge in [-0.1, -0.05) is 29.3 Å². The molecule has 0 aromatic heterocycles. The first-order valence-electron chi connectivity index (χ1n) is 5.11. The van der Waals surface area contributed by atoms with Gasteiger partial charge in [-0.2, -0.15) is 0 Å². The number of halogens is 2. The lowest BCUT2D eigenvalue weighted by molar-refractivity contribution is -0.119. The smallest absolute Gasteiger partial charge is 0.287 e. The fourth-order valence-electron chi connectivity index (χ4n) is 1.87. The lowest BCUT2D eigenvalue weighted by Crippen LogP contribution is -2.23. The van der Waals surface area contributed by atoms with Crippen LogP contribution in [0, 0.1) is 0 Å². The van der Waals surface area contributed by atoms with Crippen LogP contribution in [-0.4, -0.2) is 16.8 Å². The third-order valence-electron chi connectivity index (χ3n) is 2.69. The van der Waals surface area contributed by atoms with Gasteiger partial charge in [-0.25, -0.2) is 0 Å². The van der Waals surface area contributed by atoms with E-state index in [2.05, 4.69) is 5.32 Å². The zero-order chi connectivity index (χ0) is 13.4. The Labute approximate surface area is 113 Å². The van der Waals surface area contributed by atoms with Crippen LogP contribution in [0.3, 0.4) is 0 Å². The van der Waals surface area contributed by atoms with E-state index in [9.17, 15) is 14.7 Å². The Morgan fingerprint density at radius 3 is 2.61 bits per heavy atom. The number of Topliss-reactive ketones (excluding diaryl/α,β-unsaturated/α-hetero) is 1. The maximum Gasteiger partial charge on any atom is 0.287 e. The van der Waals surface area contributed by atoms with Gasteiger partial charge in [0.2, 0.25) is 0 Å². The maximum atomic E-state index is 11.5. The molecule has 0 aliphatic carbocycles. The van der Waals surface area contributed by atoms with Crippen LogP contribution in [0.25, 0.3) is 0 Å². The first-order valence-corrected chi connectivity index (χ1v) is 5.87. The van der Waals surface area contributed by atoms with Crippen LogP contribution in [0.1, 0.15) is 18.5 Å². The SMILES string of the molecule is CC(=O)C1=C(O)C(=O)N[C@@H]1c1ccc(Cl)cc1Cl. The number of hydrogen-bond donors (Lipinski definition) is 2. The molecule has 6 heteroatoms. The van der Waals surface area contributed by atoms with Crippen LogP contribution in [0.15, 0.2) is 29.5 Å². The van der Waals surface area contributed by atoms with Gasteiger partial charge in [-0.05, 0) is 24.6 Å². The Kier molecular flexibility index (Phi) is 3.32. The van der Waals surface area contributed by atoms with Crippen molar-refractivity contribution in [1.82, 2.24) is 5.32 Å². The molecule has 1 aliphatic rings. The molecule has 4 nitrogen and oxygen atoms in total. The van der Waals surface area contributed by atoms with Gasteiger partial charge in [0.25, 0.3) is 5.91 Å². The van der Waals surface area contributed by atoms with E-state index in [1.165, 1.54) is 13.0 Å². The summed E-state index contributed by atoms with van der Waals surface area (Å²) >= 11 is 11.8. The molecule has 1 atom stereocenters. The first-order chi connectivity index (χ1) is 8.41. The van der Waals surface area contributed by atoms with Crippen molar-refractivity contribution in [3.8, 4) is 0 Å². The molecule has 18 heavy (non-hydrogen) atoms. The van der Waals surface area contributed by atoms with Crippen molar-refractivity contribution in [2.45, 2.75) is 13.0 Å². The van der Waals surface area contributed by atoms with Crippen LogP contribution in [0.5, 0.6) is 0 Å². The molecule has 1 aliphatic heterocycles. The number of aliphatic hydroxyl groups is 1. The van der Waals surface area contributed by atoms with Crippen LogP contribution < -0.4 is 5.32 Å². The summed E-state index contributed by atoms with van der Waals surface area (Å²) in [6.45, 7) is 1.28. The number of rotatable bonds is 2. The Bertz CT molecular complexity index is 581. The molecule has 0 saturated carbocycles. The molecule has 1 amide bonds. The maximum absolute atomic E-state index is 11.5. The second-order valence-corrected chi connectivity index (χ2v) is 4.73. The summed E-state index contributed by atoms with van der Waals surface area (Å²) in [5.41, 5.74) is 0.535. The molecular weight excluding hydrogens is 277 g/mol. The number of amides is 1. The number of ketones is 1. The van der Waals surface area contributed by atoms with Gasteiger partial charge in [0.05, 0.1) is 11.6 Å². The standard InChI is InChI=1S/C12H9Cl2NO3/c1-5(16)9-10(15-12(18)11(9)17)7-3-2-6(13)4-8(7)14/h2-4,10,17H,1H3,(H,15,18)/t10-/m1/s1. The highest BCUT2D eigenvalue weighted by molar-refractivity contribution is 6.35. The molecular formula is C12H9Cl2NO3. The quantitative estimate of drug-likeness (QED) is 0.878. The van der Waals surface area contributed by atoms with Crippen LogP contribution >= 0.6 is 23.2 Å². The fourth-order valence-corrected chi connectivity index (χ4v) is 2.39. The average Bonchev–Trinajstić information content (AvgIpc) is 2.55. The van der Waals surface area contributed by atoms with E-state index in [0.29, 0.717) is 15.6 Å². The van der Waals surface area contributed by atoms with Crippen molar-refractivity contribution in [2.24, 2.45) is 0 Å². The van der Waals surface area contributed by atoms with Crippen molar-refractivity contribution in [1.29, 1.82) is 0 Å². The van der Waals surface area contributed by atoms with Crippen molar-refractivity contribution in [3.05, 3.63) is 45.1 Å². The van der Waals surface area contributed by atoms with E-state index < -0.39 is 17.7 Å². The molecule has 0 fully saturated rings. The highest BCUT2D eigenvalue weighted by atomic mass is 35.5. The number of aliphatic hydroxyl groups excluding tert-OH is 1. The summed E-state index contributed by atoms with van der Waals surface area (Å²) < 4.78 is 0. The van der Waals surface area contributed by atoms with Gasteiger partial charge in [-0.3, -0.25) is 9.59 Å². The first kappa shape index (κ1) is 12.9. The third-order valence-corrected chi connectivity index (χ3v) is 3.25. The lowest BCUT2D eigenvalue weighted by Gasteiger charge is -2.15. The Morgan fingerprint density at radius 2 is 2.06 bits per heavy atom. The van der Waals surface area contributed by atoms with E-state index in [-0.39, 0.29) is 11.4 Å². The van der Waals surface area contributed by atoms with Crippen LogP contribution in [0.4, 0.5) is 0 Å². The molecule has 2 rings (SSSR count). The molecule has 0 spiro atoms. The summed E-state index contributed by atoms with van der Waals surface area (Å²) in [5.74, 6) is -1.63. The number of carbonyl (C=O) groups excluding carboxylic acids is 2. The van der Waals surface area contributed by atoms with E-state index in [0.717, 1.165) is 0 Å². The highest BCUT2D eigenvalue weighted by Crippen LogP contribution is 2.34. The van der Waals surface area contributed by atoms with Gasteiger partial charge in [-0.15, -0.1) is 0 Å². The minimum atomic E-state index is -0.736. The van der Waals surface area contributed by atoms with Gasteiger partial charge < -0.3 is 10.4 Å². The van der Waals surface area contributed by atoms with Crippen molar-refractivity contribution < 1.29 is 14.7 Å². The average molecular weight is 286 g/mol. The zero-order valence-corrected chi connectivity index (χ0v) is 10.8. The van der Waals surface area contributed by atoms with E-state index in [1.807, 2.05) is 0 Å². The number of benzene rings is 1. The molecule has 0 unspecified atom stereocenters. The number of carbonyl (C=O) groups is 2. The Hall–Kier alpha value is -1.52. The predicted octanol–water partition coefficient (Wildman–Crippen LogP) is 2.57. The normalized spacial score (nSPS) is 19.1. The largest absolute Gasteiger partial charge is 0.503 e. The minimum absolute atomic E-state index is 0.0178. The van der Waals surface area contributed by atoms with Crippen molar-refractivity contribution in [2.75, 3.05) is 0 Å². The minimum Gasteiger partial charge on any atom is -0.503 e. The monoisotopic (exact) mass is 285 g/mol. The van der Waals surface area contributed by atoms with Gasteiger partial charge in [0.1, 0.15) is 0 Å². The summed E-state index contributed by atoms with van der Waals surface area (Å²) in [6.07, 6.45) is 0. The summed E-state index contributed by atoms with van der Waals surface area (Å²) in [4.78, 5) is 22.9. The summed E-state index contributed by atoms with van der Waals surface area (Å²) in [6, 6.07) is 3.98. The van der Waals surface area contributed by atoms with Gasteiger partial charge in [0, 0.05) is 10.0 Å². The topological polar surface area (TPSA) is 66.4 Å². The molecule has 0 radical (unpaired) electrons. The fraction of sp³-hybridized carbons (Fsp3) is 0.167. The number of nitrogens with one attached hydrogen (secondary N) is 1. The van der Waals surface area contributed by atoms with Gasteiger partial charge >= 0.3 is 0 Å². The molecule has 2 N–H and O–H groups in total. The van der Waals surface area contributed by atoms with Crippen LogP contribution in [0.2, 0.25) is 10.0 Å². The Morgan fingerprint density at radius 1 is 1.39 bits per heavy atom. The van der Waals surface area contributed by atoms with E-state index in [1.54, 1.807) is 12.1 Å². The highest BCUT2D eigenvalue weighted by Gasteiger charge is 2.36. The molecule has 1 heterocycles. The zero-order valence-electron chi connectivity index (χ0n) is 9.33. The molecule has 0 bridgehead atoms. The third kappa shape index (κ3) is 2.09. The summed E-state index contributed by atoms with van der Waals surface area (Å²) in [7, 11) is 0. The molecule has 0 saturated heterocycles. The van der Waals surface area contributed by atoms with E-state index >= 15 is 0 Å². The lowest BCUT2D eigenvalue weighted by atomic mass is 9.98. The second kappa shape index (κ2) is 4.63. The number of hydrogen-bond acceptors (Lipinski definition) is 3. The molecule has 1 aromatic carbocycles. The second-order valence-electron chi connectivity index (χ2n) is 3.89. The van der Waals surface area contributed by atoms with Crippen molar-refractivity contribution in [3.63, 3.8) is 0 Å². The Balaban J connectivity index is 2.52. The van der Waals surface area contributed by atoms with Gasteiger partial charge in [0.15, 0.2) is 11.5 Å². The van der Waals surface area contributed by atoms with Crippen LogP contribution in [-0.2, 0) is 9.59 Å². The molecule has 94 valence electrons. The van der Waals surface area contributed by atoms with E-state index in [4.69, 9.17) is 23.2 Å². The van der Waals surface area contributed by atoms with Crippen molar-refractivity contribution >= 4 is 34.9 Å². The summed E-state index contributed by atoms with van der Waals surface area (Å²) in [5, 5.41) is 12.9. The molecule has 1 aromatic rings. The predicted molar refractivity (Wildman–Crippen MR) is 67.7 cm³/mol.